The minimum Gasteiger partial charge on any atom is -0.452 e. The first-order valence-electron chi connectivity index (χ1n) is 11.2. The summed E-state index contributed by atoms with van der Waals surface area (Å²) in [6.07, 6.45) is 2.30. The molecule has 2 saturated heterocycles. The lowest BCUT2D eigenvalue weighted by Crippen LogP contribution is -2.45. The lowest BCUT2D eigenvalue weighted by atomic mass is 9.96. The van der Waals surface area contributed by atoms with Gasteiger partial charge in [0, 0.05) is 31.1 Å². The lowest BCUT2D eigenvalue weighted by molar-refractivity contribution is -0.163. The van der Waals surface area contributed by atoms with Gasteiger partial charge in [-0.2, -0.15) is 0 Å². The highest BCUT2D eigenvalue weighted by Gasteiger charge is 2.36. The van der Waals surface area contributed by atoms with E-state index in [1.165, 1.54) is 15.3 Å². The number of hydrogen-bond donors (Lipinski definition) is 0. The SMILES string of the molecule is Cc1sc2ncnc(N3CCC(C(=O)O[C@@H](C)C(=O)N(C)[C@H]4CCS(=O)(=O)C4)CC3)c2c1C. The molecule has 0 aromatic carbocycles. The van der Waals surface area contributed by atoms with Crippen LogP contribution in [-0.4, -0.2) is 79.0 Å². The van der Waals surface area contributed by atoms with Gasteiger partial charge in [0.1, 0.15) is 17.0 Å². The van der Waals surface area contributed by atoms with E-state index in [1.54, 1.807) is 31.6 Å². The second-order valence-electron chi connectivity index (χ2n) is 9.01. The lowest BCUT2D eigenvalue weighted by Gasteiger charge is -2.33. The Morgan fingerprint density at radius 2 is 1.91 bits per heavy atom. The van der Waals surface area contributed by atoms with Crippen molar-refractivity contribution in [3.05, 3.63) is 16.8 Å². The number of carbonyl (C=O) groups excluding carboxylic acids is 2. The number of thiophene rings is 1. The van der Waals surface area contributed by atoms with Gasteiger partial charge in [-0.05, 0) is 45.6 Å². The number of aryl methyl sites for hydroxylation is 2. The summed E-state index contributed by atoms with van der Waals surface area (Å²) < 4.78 is 28.9. The van der Waals surface area contributed by atoms with Crippen LogP contribution >= 0.6 is 11.3 Å². The topological polar surface area (TPSA) is 110 Å². The Morgan fingerprint density at radius 3 is 2.55 bits per heavy atom. The summed E-state index contributed by atoms with van der Waals surface area (Å²) in [6.45, 7) is 7.06. The summed E-state index contributed by atoms with van der Waals surface area (Å²) in [6, 6.07) is -0.360. The number of amides is 1. The first kappa shape index (κ1) is 23.9. The molecule has 2 atom stereocenters. The number of nitrogens with zero attached hydrogens (tertiary/aromatic N) is 4. The standard InChI is InChI=1S/C22H30N4O5S2/c1-13-15(3)32-20-18(13)19(23-12-24-20)26-8-5-16(6-9-26)22(28)31-14(2)21(27)25(4)17-7-10-33(29,30)11-17/h12,14,16-17H,5-11H2,1-4H3/t14-,17-/m0/s1. The van der Waals surface area contributed by atoms with E-state index in [0.29, 0.717) is 32.4 Å². The highest BCUT2D eigenvalue weighted by atomic mass is 32.2. The fourth-order valence-electron chi connectivity index (χ4n) is 4.60. The maximum absolute atomic E-state index is 12.7. The highest BCUT2D eigenvalue weighted by molar-refractivity contribution is 7.91. The maximum atomic E-state index is 12.7. The fraction of sp³-hybridized carbons (Fsp3) is 0.636. The van der Waals surface area contributed by atoms with Gasteiger partial charge >= 0.3 is 5.97 Å². The number of ether oxygens (including phenoxy) is 1. The van der Waals surface area contributed by atoms with Crippen molar-refractivity contribution >= 4 is 49.1 Å². The van der Waals surface area contributed by atoms with Gasteiger partial charge in [0.05, 0.1) is 22.8 Å². The average Bonchev–Trinajstić information content (AvgIpc) is 3.30. The Labute approximate surface area is 198 Å². The summed E-state index contributed by atoms with van der Waals surface area (Å²) in [5, 5.41) is 1.08. The monoisotopic (exact) mass is 494 g/mol. The van der Waals surface area contributed by atoms with Gasteiger partial charge in [-0.15, -0.1) is 11.3 Å². The van der Waals surface area contributed by atoms with Crippen LogP contribution in [0.1, 0.15) is 36.6 Å². The van der Waals surface area contributed by atoms with Crippen molar-refractivity contribution < 1.29 is 22.7 Å². The molecule has 0 aliphatic carbocycles. The third kappa shape index (κ3) is 4.84. The molecular weight excluding hydrogens is 464 g/mol. The van der Waals surface area contributed by atoms with Gasteiger partial charge in [0.2, 0.25) is 0 Å². The van der Waals surface area contributed by atoms with Crippen molar-refractivity contribution in [2.45, 2.75) is 52.2 Å². The van der Waals surface area contributed by atoms with Crippen LogP contribution in [0.3, 0.4) is 0 Å². The smallest absolute Gasteiger partial charge is 0.309 e. The highest BCUT2D eigenvalue weighted by Crippen LogP contribution is 2.35. The van der Waals surface area contributed by atoms with E-state index in [-0.39, 0.29) is 35.3 Å². The van der Waals surface area contributed by atoms with Crippen LogP contribution in [0.5, 0.6) is 0 Å². The second-order valence-corrected chi connectivity index (χ2v) is 12.4. The Hall–Kier alpha value is -2.27. The van der Waals surface area contributed by atoms with Crippen molar-refractivity contribution in [2.75, 3.05) is 36.5 Å². The number of sulfone groups is 1. The Balaban J connectivity index is 1.34. The number of carbonyl (C=O) groups is 2. The zero-order chi connectivity index (χ0) is 23.9. The number of fused-ring (bicyclic) bond motifs is 1. The molecule has 9 nitrogen and oxygen atoms in total. The van der Waals surface area contributed by atoms with Gasteiger partial charge in [-0.1, -0.05) is 0 Å². The first-order valence-corrected chi connectivity index (χ1v) is 13.8. The molecule has 0 N–H and O–H groups in total. The van der Waals surface area contributed by atoms with Crippen molar-refractivity contribution in [3.63, 3.8) is 0 Å². The van der Waals surface area contributed by atoms with Crippen LogP contribution in [0.2, 0.25) is 0 Å². The quantitative estimate of drug-likeness (QED) is 0.581. The predicted molar refractivity (Wildman–Crippen MR) is 127 cm³/mol. The molecule has 0 saturated carbocycles. The van der Waals surface area contributed by atoms with Crippen molar-refractivity contribution in [1.82, 2.24) is 14.9 Å². The third-order valence-corrected chi connectivity index (χ3v) is 9.68. The third-order valence-electron chi connectivity index (χ3n) is 6.82. The van der Waals surface area contributed by atoms with Gasteiger partial charge in [0.15, 0.2) is 15.9 Å². The largest absolute Gasteiger partial charge is 0.452 e. The minimum atomic E-state index is -3.10. The number of likely N-dealkylation sites (N-methyl/N-ethyl adjacent to an activating group) is 1. The van der Waals surface area contributed by atoms with Crippen molar-refractivity contribution in [3.8, 4) is 0 Å². The van der Waals surface area contributed by atoms with E-state index in [4.69, 9.17) is 4.74 Å². The summed E-state index contributed by atoms with van der Waals surface area (Å²) in [5.74, 6) is -0.0616. The molecular formula is C22H30N4O5S2. The molecule has 2 aromatic heterocycles. The predicted octanol–water partition coefficient (Wildman–Crippen LogP) is 2.10. The van der Waals surface area contributed by atoms with Crippen LogP contribution in [-0.2, 0) is 24.2 Å². The molecule has 1 amide bonds. The zero-order valence-electron chi connectivity index (χ0n) is 19.4. The molecule has 2 aliphatic rings. The molecule has 0 bridgehead atoms. The molecule has 33 heavy (non-hydrogen) atoms. The molecule has 2 fully saturated rings. The van der Waals surface area contributed by atoms with Crippen LogP contribution in [0.25, 0.3) is 10.2 Å². The van der Waals surface area contributed by atoms with Gasteiger partial charge in [-0.3, -0.25) is 9.59 Å². The Bertz CT molecular complexity index is 1170. The Kier molecular flexibility index (Phi) is 6.63. The van der Waals surface area contributed by atoms with Crippen LogP contribution < -0.4 is 4.90 Å². The van der Waals surface area contributed by atoms with E-state index in [0.717, 1.165) is 16.0 Å². The fourth-order valence-corrected chi connectivity index (χ4v) is 7.36. The van der Waals surface area contributed by atoms with E-state index in [9.17, 15) is 18.0 Å². The van der Waals surface area contributed by atoms with E-state index in [1.807, 2.05) is 0 Å². The normalized spacial score (nSPS) is 21.8. The molecule has 0 radical (unpaired) electrons. The number of anilines is 1. The van der Waals surface area contributed by atoms with Crippen LogP contribution in [0.4, 0.5) is 5.82 Å². The number of aromatic nitrogens is 2. The van der Waals surface area contributed by atoms with E-state index in [2.05, 4.69) is 28.7 Å². The molecule has 2 aliphatic heterocycles. The summed E-state index contributed by atoms with van der Waals surface area (Å²) in [7, 11) is -1.52. The zero-order valence-corrected chi connectivity index (χ0v) is 21.0. The molecule has 4 rings (SSSR count). The van der Waals surface area contributed by atoms with Crippen LogP contribution in [0, 0.1) is 19.8 Å². The Morgan fingerprint density at radius 1 is 1.21 bits per heavy atom. The van der Waals surface area contributed by atoms with E-state index < -0.39 is 15.9 Å². The van der Waals surface area contributed by atoms with Crippen LogP contribution in [0.15, 0.2) is 6.33 Å². The van der Waals surface area contributed by atoms with Gasteiger partial charge in [0.25, 0.3) is 5.91 Å². The van der Waals surface area contributed by atoms with Crippen molar-refractivity contribution in [2.24, 2.45) is 5.92 Å². The number of hydrogen-bond acceptors (Lipinski definition) is 9. The van der Waals surface area contributed by atoms with Gasteiger partial charge < -0.3 is 14.5 Å². The molecule has 2 aromatic rings. The first-order chi connectivity index (χ1) is 15.6. The molecule has 11 heteroatoms. The number of rotatable bonds is 5. The molecule has 4 heterocycles. The molecule has 0 unspecified atom stereocenters. The number of piperidine rings is 1. The summed E-state index contributed by atoms with van der Waals surface area (Å²) in [4.78, 5) is 40.2. The summed E-state index contributed by atoms with van der Waals surface area (Å²) >= 11 is 1.66. The maximum Gasteiger partial charge on any atom is 0.309 e. The molecule has 0 spiro atoms. The van der Waals surface area contributed by atoms with Crippen molar-refractivity contribution in [1.29, 1.82) is 0 Å². The minimum absolute atomic E-state index is 0.0339. The number of esters is 1. The van der Waals surface area contributed by atoms with Gasteiger partial charge in [-0.25, -0.2) is 18.4 Å². The second kappa shape index (κ2) is 9.17. The van der Waals surface area contributed by atoms with E-state index >= 15 is 0 Å². The molecule has 180 valence electrons. The summed E-state index contributed by atoms with van der Waals surface area (Å²) in [5.41, 5.74) is 1.19. The average molecular weight is 495 g/mol.